The lowest BCUT2D eigenvalue weighted by atomic mass is 10.1. The third-order valence-corrected chi connectivity index (χ3v) is 4.62. The maximum Gasteiger partial charge on any atom is 0.146 e. The fourth-order valence-corrected chi connectivity index (χ4v) is 3.34. The normalized spacial score (nSPS) is 11.2. The van der Waals surface area contributed by atoms with E-state index in [2.05, 4.69) is 39.8 Å². The van der Waals surface area contributed by atoms with Gasteiger partial charge in [-0.05, 0) is 67.9 Å². The number of aromatic nitrogens is 3. The minimum Gasteiger partial charge on any atom is -0.497 e. The van der Waals surface area contributed by atoms with E-state index in [1.165, 1.54) is 18.5 Å². The molecule has 5 nitrogen and oxygen atoms in total. The Bertz CT molecular complexity index is 1120. The number of hydrogen-bond donors (Lipinski definition) is 1. The Balaban J connectivity index is 1.85. The summed E-state index contributed by atoms with van der Waals surface area (Å²) in [4.78, 5) is 8.90. The van der Waals surface area contributed by atoms with Crippen molar-refractivity contribution >= 4 is 22.5 Å². The summed E-state index contributed by atoms with van der Waals surface area (Å²) in [6.07, 6.45) is 1.53. The Morgan fingerprint density at radius 2 is 1.82 bits per heavy atom. The molecule has 0 amide bonds. The quantitative estimate of drug-likeness (QED) is 0.495. The van der Waals surface area contributed by atoms with Gasteiger partial charge in [0.25, 0.3) is 0 Å². The average Bonchev–Trinajstić information content (AvgIpc) is 3.09. The van der Waals surface area contributed by atoms with Crippen LogP contribution in [0.5, 0.6) is 5.75 Å². The van der Waals surface area contributed by atoms with Crippen molar-refractivity contribution < 1.29 is 9.13 Å². The van der Waals surface area contributed by atoms with Crippen molar-refractivity contribution in [2.24, 2.45) is 0 Å². The highest BCUT2D eigenvalue weighted by Gasteiger charge is 2.17. The predicted octanol–water partition coefficient (Wildman–Crippen LogP) is 5.57. The Morgan fingerprint density at radius 1 is 1.04 bits per heavy atom. The van der Waals surface area contributed by atoms with Gasteiger partial charge in [-0.15, -0.1) is 0 Å². The summed E-state index contributed by atoms with van der Waals surface area (Å²) < 4.78 is 21.0. The van der Waals surface area contributed by atoms with Crippen LogP contribution in [0.1, 0.15) is 19.9 Å². The van der Waals surface area contributed by atoms with Crippen LogP contribution in [-0.2, 0) is 0 Å². The van der Waals surface area contributed by atoms with Crippen molar-refractivity contribution in [2.45, 2.75) is 19.9 Å². The molecule has 0 unspecified atom stereocenters. The first-order chi connectivity index (χ1) is 13.6. The molecule has 0 saturated heterocycles. The minimum atomic E-state index is -0.297. The zero-order valence-electron chi connectivity index (χ0n) is 16.0. The van der Waals surface area contributed by atoms with Crippen LogP contribution >= 0.6 is 0 Å². The van der Waals surface area contributed by atoms with Gasteiger partial charge < -0.3 is 14.6 Å². The van der Waals surface area contributed by atoms with Gasteiger partial charge in [0.15, 0.2) is 0 Å². The summed E-state index contributed by atoms with van der Waals surface area (Å²) in [5, 5.41) is 4.09. The number of methoxy groups -OCH3 is 1. The molecule has 0 fully saturated rings. The van der Waals surface area contributed by atoms with Crippen molar-refractivity contribution in [2.75, 3.05) is 12.4 Å². The molecule has 2 heterocycles. The molecule has 6 heteroatoms. The van der Waals surface area contributed by atoms with Gasteiger partial charge in [-0.25, -0.2) is 14.4 Å². The van der Waals surface area contributed by atoms with E-state index in [-0.39, 0.29) is 11.9 Å². The topological polar surface area (TPSA) is 52.0 Å². The third-order valence-electron chi connectivity index (χ3n) is 4.62. The number of halogens is 1. The smallest absolute Gasteiger partial charge is 0.146 e. The van der Waals surface area contributed by atoms with Gasteiger partial charge in [-0.3, -0.25) is 0 Å². The first kappa shape index (κ1) is 18.0. The molecular formula is C22H21FN4O. The third kappa shape index (κ3) is 3.29. The van der Waals surface area contributed by atoms with Crippen molar-refractivity contribution in [3.8, 4) is 17.0 Å². The minimum absolute atomic E-state index is 0.200. The highest BCUT2D eigenvalue weighted by molar-refractivity contribution is 5.93. The van der Waals surface area contributed by atoms with E-state index in [0.717, 1.165) is 28.0 Å². The molecule has 2 aromatic carbocycles. The number of benzene rings is 2. The zero-order valence-corrected chi connectivity index (χ0v) is 16.0. The fraction of sp³-hybridized carbons (Fsp3) is 0.182. The first-order valence-electron chi connectivity index (χ1n) is 9.10. The molecule has 0 aliphatic carbocycles. The van der Waals surface area contributed by atoms with Crippen LogP contribution in [0.25, 0.3) is 22.3 Å². The number of rotatable bonds is 5. The van der Waals surface area contributed by atoms with Gasteiger partial charge >= 0.3 is 0 Å². The lowest BCUT2D eigenvalue weighted by molar-refractivity contribution is 0.415. The van der Waals surface area contributed by atoms with Gasteiger partial charge in [0.2, 0.25) is 0 Å². The van der Waals surface area contributed by atoms with Gasteiger partial charge in [0.05, 0.1) is 18.2 Å². The predicted molar refractivity (Wildman–Crippen MR) is 110 cm³/mol. The molecule has 4 rings (SSSR count). The molecular weight excluding hydrogens is 355 g/mol. The van der Waals surface area contributed by atoms with Crippen LogP contribution in [0.3, 0.4) is 0 Å². The summed E-state index contributed by atoms with van der Waals surface area (Å²) in [5.74, 6) is 1.16. The summed E-state index contributed by atoms with van der Waals surface area (Å²) in [6.45, 7) is 4.24. The van der Waals surface area contributed by atoms with Crippen molar-refractivity contribution in [3.05, 3.63) is 66.7 Å². The Kier molecular flexibility index (Phi) is 4.69. The van der Waals surface area contributed by atoms with E-state index < -0.39 is 0 Å². The number of fused-ring (bicyclic) bond motifs is 1. The van der Waals surface area contributed by atoms with Crippen molar-refractivity contribution in [1.82, 2.24) is 14.5 Å². The summed E-state index contributed by atoms with van der Waals surface area (Å²) in [5.41, 5.74) is 3.57. The Labute approximate surface area is 162 Å². The van der Waals surface area contributed by atoms with Gasteiger partial charge in [0, 0.05) is 11.7 Å². The lowest BCUT2D eigenvalue weighted by Gasteiger charge is -2.14. The first-order valence-corrected chi connectivity index (χ1v) is 9.10. The van der Waals surface area contributed by atoms with E-state index in [4.69, 9.17) is 4.74 Å². The van der Waals surface area contributed by atoms with E-state index in [9.17, 15) is 4.39 Å². The van der Waals surface area contributed by atoms with E-state index in [0.29, 0.717) is 11.5 Å². The summed E-state index contributed by atoms with van der Waals surface area (Å²) in [6, 6.07) is 16.5. The van der Waals surface area contributed by atoms with Crippen LogP contribution in [0.4, 0.5) is 15.9 Å². The van der Waals surface area contributed by atoms with Gasteiger partial charge in [-0.2, -0.15) is 0 Å². The van der Waals surface area contributed by atoms with Crippen molar-refractivity contribution in [3.63, 3.8) is 0 Å². The maximum absolute atomic E-state index is 13.6. The Morgan fingerprint density at radius 3 is 2.50 bits per heavy atom. The van der Waals surface area contributed by atoms with Crippen LogP contribution in [0.2, 0.25) is 0 Å². The summed E-state index contributed by atoms with van der Waals surface area (Å²) in [7, 11) is 1.65. The number of nitrogens with zero attached hydrogens (tertiary/aromatic N) is 3. The highest BCUT2D eigenvalue weighted by Crippen LogP contribution is 2.34. The van der Waals surface area contributed by atoms with Crippen LogP contribution in [-0.4, -0.2) is 21.6 Å². The number of anilines is 2. The molecule has 2 aromatic heterocycles. The molecule has 0 radical (unpaired) electrons. The largest absolute Gasteiger partial charge is 0.497 e. The molecule has 0 atom stereocenters. The second-order valence-corrected chi connectivity index (χ2v) is 6.82. The monoisotopic (exact) mass is 376 g/mol. The second kappa shape index (κ2) is 7.31. The van der Waals surface area contributed by atoms with Crippen LogP contribution in [0, 0.1) is 5.82 Å². The zero-order chi connectivity index (χ0) is 19.7. The van der Waals surface area contributed by atoms with E-state index in [1.807, 2.05) is 24.3 Å². The molecule has 0 bridgehead atoms. The molecule has 4 aromatic rings. The number of nitrogens with one attached hydrogen (secondary N) is 1. The van der Waals surface area contributed by atoms with Gasteiger partial charge in [0.1, 0.15) is 29.4 Å². The maximum atomic E-state index is 13.6. The molecule has 142 valence electrons. The van der Waals surface area contributed by atoms with Gasteiger partial charge in [-0.1, -0.05) is 6.07 Å². The average molecular weight is 376 g/mol. The Hall–Kier alpha value is -3.41. The molecule has 0 aliphatic heterocycles. The van der Waals surface area contributed by atoms with E-state index in [1.54, 1.807) is 19.2 Å². The second-order valence-electron chi connectivity index (χ2n) is 6.82. The molecule has 0 aliphatic rings. The number of hydrogen-bond acceptors (Lipinski definition) is 4. The fourth-order valence-electron chi connectivity index (χ4n) is 3.34. The standard InChI is InChI=1S/C22H21FN4O/c1-14(2)27-20(15-7-9-18(28-3)10-8-15)12-19-21(24-13-25-22(19)27)26-17-6-4-5-16(23)11-17/h4-14H,1-3H3,(H,24,25,26). The van der Waals surface area contributed by atoms with Crippen LogP contribution in [0.15, 0.2) is 60.9 Å². The highest BCUT2D eigenvalue weighted by atomic mass is 19.1. The SMILES string of the molecule is COc1ccc(-c2cc3c(Nc4cccc(F)c4)ncnc3n2C(C)C)cc1. The van der Waals surface area contributed by atoms with Crippen LogP contribution < -0.4 is 10.1 Å². The molecule has 28 heavy (non-hydrogen) atoms. The number of ether oxygens (including phenoxy) is 1. The van der Waals surface area contributed by atoms with E-state index >= 15 is 0 Å². The lowest BCUT2D eigenvalue weighted by Crippen LogP contribution is -2.04. The van der Waals surface area contributed by atoms with Crippen molar-refractivity contribution in [1.29, 1.82) is 0 Å². The summed E-state index contributed by atoms with van der Waals surface area (Å²) >= 11 is 0. The molecule has 0 spiro atoms. The molecule has 0 saturated carbocycles. The molecule has 1 N–H and O–H groups in total.